The van der Waals surface area contributed by atoms with Crippen LogP contribution >= 0.6 is 0 Å². The Morgan fingerprint density at radius 2 is 1.62 bits per heavy atom. The average molecular weight is 426 g/mol. The Kier molecular flexibility index (Phi) is 5.17. The lowest BCUT2D eigenvalue weighted by Gasteiger charge is -2.39. The highest BCUT2D eigenvalue weighted by Crippen LogP contribution is 2.39. The van der Waals surface area contributed by atoms with Crippen molar-refractivity contribution >= 4 is 11.4 Å². The number of rotatable bonds is 4. The van der Waals surface area contributed by atoms with E-state index in [-0.39, 0.29) is 6.17 Å². The summed E-state index contributed by atoms with van der Waals surface area (Å²) in [6.45, 7) is 0. The van der Waals surface area contributed by atoms with Crippen molar-refractivity contribution < 1.29 is 5.11 Å². The number of anilines is 2. The summed E-state index contributed by atoms with van der Waals surface area (Å²) >= 11 is 0. The third-order valence-corrected chi connectivity index (χ3v) is 6.13. The maximum Gasteiger partial charge on any atom is 0.134 e. The van der Waals surface area contributed by atoms with Crippen LogP contribution in [0, 0.1) is 0 Å². The van der Waals surface area contributed by atoms with Gasteiger partial charge in [0.25, 0.3) is 0 Å². The summed E-state index contributed by atoms with van der Waals surface area (Å²) in [5, 5.41) is 21.6. The van der Waals surface area contributed by atoms with Gasteiger partial charge in [-0.2, -0.15) is 5.10 Å². The lowest BCUT2D eigenvalue weighted by atomic mass is 9.98. The quantitative estimate of drug-likeness (QED) is 0.448. The summed E-state index contributed by atoms with van der Waals surface area (Å²) in [7, 11) is 6.11. The zero-order valence-electron chi connectivity index (χ0n) is 18.4. The standard InChI is InChI=1S/C26H27N5O/c1-30(2)20-13-11-17(12-14-20)18-7-6-8-19(15-18)24-22(16-27-29-24)25-28-26(32)21-9-4-5-10-23(21)31(25)3/h4-16,25-26,28,32H,1-3H3,(H,27,29). The highest BCUT2D eigenvalue weighted by atomic mass is 16.3. The normalized spacial score (nSPS) is 17.8. The molecule has 6 nitrogen and oxygen atoms in total. The molecule has 1 aliphatic heterocycles. The van der Waals surface area contributed by atoms with Gasteiger partial charge in [-0.25, -0.2) is 0 Å². The number of nitrogens with one attached hydrogen (secondary N) is 2. The maximum atomic E-state index is 10.7. The number of nitrogens with zero attached hydrogens (tertiary/aromatic N) is 3. The summed E-state index contributed by atoms with van der Waals surface area (Å²) in [6.07, 6.45) is 0.955. The Morgan fingerprint density at radius 1 is 0.875 bits per heavy atom. The molecule has 2 heterocycles. The number of aliphatic hydroxyl groups excluding tert-OH is 1. The molecule has 3 aromatic carbocycles. The summed E-state index contributed by atoms with van der Waals surface area (Å²) in [6, 6.07) is 24.9. The minimum absolute atomic E-state index is 0.211. The van der Waals surface area contributed by atoms with Gasteiger partial charge in [0.2, 0.25) is 0 Å². The van der Waals surface area contributed by atoms with Gasteiger partial charge in [-0.15, -0.1) is 0 Å². The number of benzene rings is 3. The summed E-state index contributed by atoms with van der Waals surface area (Å²) < 4.78 is 0. The molecule has 4 aromatic rings. The highest BCUT2D eigenvalue weighted by Gasteiger charge is 2.32. The van der Waals surface area contributed by atoms with Crippen LogP contribution in [-0.4, -0.2) is 36.4 Å². The van der Waals surface area contributed by atoms with Crippen LogP contribution in [0.4, 0.5) is 11.4 Å². The van der Waals surface area contributed by atoms with E-state index in [1.165, 1.54) is 5.69 Å². The predicted molar refractivity (Wildman–Crippen MR) is 129 cm³/mol. The molecular weight excluding hydrogens is 398 g/mol. The van der Waals surface area contributed by atoms with E-state index in [2.05, 4.69) is 73.8 Å². The van der Waals surface area contributed by atoms with Crippen molar-refractivity contribution in [3.05, 3.63) is 90.1 Å². The van der Waals surface area contributed by atoms with E-state index < -0.39 is 6.23 Å². The average Bonchev–Trinajstić information content (AvgIpc) is 3.31. The third kappa shape index (κ3) is 3.53. The second-order valence-corrected chi connectivity index (χ2v) is 8.35. The zero-order valence-corrected chi connectivity index (χ0v) is 18.4. The second kappa shape index (κ2) is 8.15. The summed E-state index contributed by atoms with van der Waals surface area (Å²) in [4.78, 5) is 4.23. The van der Waals surface area contributed by atoms with Gasteiger partial charge < -0.3 is 14.9 Å². The molecule has 0 aliphatic carbocycles. The number of aliphatic hydroxyl groups is 1. The molecule has 0 bridgehead atoms. The monoisotopic (exact) mass is 425 g/mol. The molecule has 0 saturated heterocycles. The number of para-hydroxylation sites is 1. The van der Waals surface area contributed by atoms with Crippen LogP contribution in [0.2, 0.25) is 0 Å². The van der Waals surface area contributed by atoms with Crippen LogP contribution in [0.1, 0.15) is 23.5 Å². The van der Waals surface area contributed by atoms with Gasteiger partial charge in [0.05, 0.1) is 5.69 Å². The van der Waals surface area contributed by atoms with Crippen LogP contribution in [-0.2, 0) is 0 Å². The van der Waals surface area contributed by atoms with Gasteiger partial charge in [0.1, 0.15) is 12.4 Å². The lowest BCUT2D eigenvalue weighted by molar-refractivity contribution is 0.115. The molecule has 2 atom stereocenters. The number of hydrogen-bond donors (Lipinski definition) is 3. The van der Waals surface area contributed by atoms with Crippen LogP contribution in [0.15, 0.2) is 79.0 Å². The van der Waals surface area contributed by atoms with Gasteiger partial charge in [-0.05, 0) is 35.4 Å². The molecule has 32 heavy (non-hydrogen) atoms. The second-order valence-electron chi connectivity index (χ2n) is 8.35. The van der Waals surface area contributed by atoms with Crippen LogP contribution < -0.4 is 15.1 Å². The molecule has 0 fully saturated rings. The van der Waals surface area contributed by atoms with Gasteiger partial charge in [-0.3, -0.25) is 10.4 Å². The first-order valence-electron chi connectivity index (χ1n) is 10.7. The van der Waals surface area contributed by atoms with Crippen molar-refractivity contribution in [2.45, 2.75) is 12.4 Å². The van der Waals surface area contributed by atoms with Crippen molar-refractivity contribution in [2.24, 2.45) is 0 Å². The van der Waals surface area contributed by atoms with Gasteiger partial charge >= 0.3 is 0 Å². The van der Waals surface area contributed by atoms with E-state index >= 15 is 0 Å². The fourth-order valence-electron chi connectivity index (χ4n) is 4.37. The molecule has 2 unspecified atom stereocenters. The van der Waals surface area contributed by atoms with Gasteiger partial charge in [-0.1, -0.05) is 48.5 Å². The van der Waals surface area contributed by atoms with Crippen molar-refractivity contribution in [1.82, 2.24) is 15.5 Å². The molecule has 1 aliphatic rings. The molecule has 0 saturated carbocycles. The summed E-state index contributed by atoms with van der Waals surface area (Å²) in [5.74, 6) is 0. The van der Waals surface area contributed by atoms with Crippen molar-refractivity contribution in [2.75, 3.05) is 30.9 Å². The number of aromatic nitrogens is 2. The number of aromatic amines is 1. The van der Waals surface area contributed by atoms with Crippen molar-refractivity contribution in [3.63, 3.8) is 0 Å². The smallest absolute Gasteiger partial charge is 0.134 e. The first kappa shape index (κ1) is 20.3. The fourth-order valence-corrected chi connectivity index (χ4v) is 4.37. The lowest BCUT2D eigenvalue weighted by Crippen LogP contribution is -2.43. The van der Waals surface area contributed by atoms with E-state index in [4.69, 9.17) is 0 Å². The van der Waals surface area contributed by atoms with E-state index in [1.807, 2.05) is 51.6 Å². The van der Waals surface area contributed by atoms with E-state index in [1.54, 1.807) is 0 Å². The molecule has 162 valence electrons. The molecule has 3 N–H and O–H groups in total. The molecule has 6 heteroatoms. The van der Waals surface area contributed by atoms with E-state index in [0.29, 0.717) is 0 Å². The molecule has 5 rings (SSSR count). The molecule has 0 radical (unpaired) electrons. The topological polar surface area (TPSA) is 67.4 Å². The SMILES string of the molecule is CN(C)c1ccc(-c2cccc(-c3n[nH]cc3C3NC(O)c4ccccc4N3C)c2)cc1. The summed E-state index contributed by atoms with van der Waals surface area (Å²) in [5.41, 5.74) is 8.23. The molecule has 0 spiro atoms. The Balaban J connectivity index is 1.50. The van der Waals surface area contributed by atoms with E-state index in [0.717, 1.165) is 39.2 Å². The Bertz CT molecular complexity index is 1230. The fraction of sp³-hybridized carbons (Fsp3) is 0.192. The largest absolute Gasteiger partial charge is 0.378 e. The minimum atomic E-state index is -0.739. The first-order valence-corrected chi connectivity index (χ1v) is 10.7. The minimum Gasteiger partial charge on any atom is -0.378 e. The van der Waals surface area contributed by atoms with Gasteiger partial charge in [0, 0.05) is 55.4 Å². The number of fused-ring (bicyclic) bond motifs is 1. The van der Waals surface area contributed by atoms with Crippen LogP contribution in [0.3, 0.4) is 0 Å². The zero-order chi connectivity index (χ0) is 22.2. The van der Waals surface area contributed by atoms with Crippen molar-refractivity contribution in [1.29, 1.82) is 0 Å². The van der Waals surface area contributed by atoms with Gasteiger partial charge in [0.15, 0.2) is 0 Å². The molecular formula is C26H27N5O. The third-order valence-electron chi connectivity index (χ3n) is 6.13. The van der Waals surface area contributed by atoms with Crippen molar-refractivity contribution in [3.8, 4) is 22.4 Å². The maximum absolute atomic E-state index is 10.7. The van der Waals surface area contributed by atoms with E-state index in [9.17, 15) is 5.11 Å². The van der Waals surface area contributed by atoms with Crippen LogP contribution in [0.25, 0.3) is 22.4 Å². The first-order chi connectivity index (χ1) is 15.5. The number of H-pyrrole nitrogens is 1. The number of hydrogen-bond acceptors (Lipinski definition) is 5. The molecule has 1 aromatic heterocycles. The Morgan fingerprint density at radius 3 is 2.41 bits per heavy atom. The highest BCUT2D eigenvalue weighted by molar-refractivity contribution is 5.74. The predicted octanol–water partition coefficient (Wildman–Crippen LogP) is 4.54. The Hall–Kier alpha value is -3.61. The van der Waals surface area contributed by atoms with Crippen LogP contribution in [0.5, 0.6) is 0 Å². The Labute approximate surface area is 188 Å². The molecule has 0 amide bonds.